The molecule has 1 heterocycles. The number of nitrogens with one attached hydrogen (secondary N) is 1. The summed E-state index contributed by atoms with van der Waals surface area (Å²) in [5, 5.41) is 4.07. The second kappa shape index (κ2) is 6.47. The van der Waals surface area contributed by atoms with E-state index in [9.17, 15) is 0 Å². The summed E-state index contributed by atoms with van der Waals surface area (Å²) in [4.78, 5) is 1.36. The normalized spacial score (nSPS) is 22.5. The van der Waals surface area contributed by atoms with Crippen molar-refractivity contribution in [1.82, 2.24) is 5.32 Å². The Kier molecular flexibility index (Phi) is 4.65. The van der Waals surface area contributed by atoms with Crippen molar-refractivity contribution < 1.29 is 0 Å². The Labute approximate surface area is 137 Å². The van der Waals surface area contributed by atoms with E-state index in [0.717, 1.165) is 6.54 Å². The van der Waals surface area contributed by atoms with Crippen LogP contribution in [0.4, 0.5) is 0 Å². The van der Waals surface area contributed by atoms with E-state index < -0.39 is 0 Å². The molecule has 1 aliphatic heterocycles. The summed E-state index contributed by atoms with van der Waals surface area (Å²) in [6.45, 7) is 0.875. The van der Waals surface area contributed by atoms with Crippen LogP contribution in [-0.2, 0) is 6.54 Å². The van der Waals surface area contributed by atoms with Gasteiger partial charge in [0.05, 0.1) is 9.30 Å². The van der Waals surface area contributed by atoms with Gasteiger partial charge in [-0.3, -0.25) is 0 Å². The number of alkyl halides is 1. The van der Waals surface area contributed by atoms with Gasteiger partial charge in [0.1, 0.15) is 0 Å². The maximum Gasteiger partial charge on any atom is 0.0711 e. The smallest absolute Gasteiger partial charge is 0.0711 e. The summed E-state index contributed by atoms with van der Waals surface area (Å²) in [7, 11) is 0. The molecule has 104 valence electrons. The summed E-state index contributed by atoms with van der Waals surface area (Å²) in [6, 6.07) is 19.4. The Hall–Kier alpha value is -0.560. The zero-order chi connectivity index (χ0) is 13.9. The molecule has 0 aromatic heterocycles. The molecule has 0 spiro atoms. The van der Waals surface area contributed by atoms with Crippen LogP contribution in [0.5, 0.6) is 0 Å². The van der Waals surface area contributed by atoms with Crippen molar-refractivity contribution in [2.75, 3.05) is 0 Å². The number of hydrogen-bond acceptors (Lipinski definition) is 3. The van der Waals surface area contributed by atoms with E-state index in [-0.39, 0.29) is 4.05 Å². The summed E-state index contributed by atoms with van der Waals surface area (Å²) in [5.41, 5.74) is 8.85. The zero-order valence-electron chi connectivity index (χ0n) is 11.0. The lowest BCUT2D eigenvalue weighted by Gasteiger charge is -2.23. The third-order valence-electron chi connectivity index (χ3n) is 3.53. The highest BCUT2D eigenvalue weighted by atomic mass is 127. The van der Waals surface area contributed by atoms with Crippen LogP contribution in [0, 0.1) is 0 Å². The number of rotatable bonds is 4. The molecule has 2 aromatic rings. The molecular weight excluding hydrogens is 379 g/mol. The van der Waals surface area contributed by atoms with Gasteiger partial charge in [0.2, 0.25) is 0 Å². The molecule has 3 atom stereocenters. The van der Waals surface area contributed by atoms with Crippen molar-refractivity contribution >= 4 is 34.4 Å². The number of fused-ring (bicyclic) bond motifs is 1. The fourth-order valence-electron chi connectivity index (χ4n) is 2.54. The molecule has 0 bridgehead atoms. The molecule has 0 saturated carbocycles. The Morgan fingerprint density at radius 1 is 1.10 bits per heavy atom. The van der Waals surface area contributed by atoms with E-state index in [2.05, 4.69) is 76.4 Å². The van der Waals surface area contributed by atoms with Gasteiger partial charge in [-0.1, -0.05) is 71.1 Å². The average Bonchev–Trinajstić information content (AvgIpc) is 2.85. The van der Waals surface area contributed by atoms with Gasteiger partial charge < -0.3 is 11.1 Å². The van der Waals surface area contributed by atoms with Gasteiger partial charge in [0, 0.05) is 17.5 Å². The molecule has 0 fully saturated rings. The van der Waals surface area contributed by atoms with Crippen LogP contribution >= 0.6 is 34.4 Å². The molecule has 3 rings (SSSR count). The third-order valence-corrected chi connectivity index (χ3v) is 6.25. The molecule has 20 heavy (non-hydrogen) atoms. The average molecular weight is 396 g/mol. The standard InChI is InChI=1S/C16H17IN2S/c17-16(18)15-14(12-8-4-5-9-13(12)20-15)19-10-11-6-2-1-3-7-11/h1-9,14-16,19H,10,18H2. The predicted octanol–water partition coefficient (Wildman–Crippen LogP) is 3.71. The maximum atomic E-state index is 6.16. The van der Waals surface area contributed by atoms with E-state index in [1.807, 2.05) is 17.8 Å². The Morgan fingerprint density at radius 3 is 2.55 bits per heavy atom. The van der Waals surface area contributed by atoms with Crippen LogP contribution in [0.25, 0.3) is 0 Å². The topological polar surface area (TPSA) is 38.0 Å². The van der Waals surface area contributed by atoms with Gasteiger partial charge in [0.25, 0.3) is 0 Å². The van der Waals surface area contributed by atoms with Gasteiger partial charge >= 0.3 is 0 Å². The molecule has 0 radical (unpaired) electrons. The van der Waals surface area contributed by atoms with E-state index in [0.29, 0.717) is 11.3 Å². The molecule has 3 N–H and O–H groups in total. The molecular formula is C16H17IN2S. The van der Waals surface area contributed by atoms with E-state index >= 15 is 0 Å². The molecule has 4 heteroatoms. The van der Waals surface area contributed by atoms with Crippen molar-refractivity contribution in [3.05, 3.63) is 65.7 Å². The second-order valence-corrected chi connectivity index (χ2v) is 7.57. The molecule has 2 nitrogen and oxygen atoms in total. The van der Waals surface area contributed by atoms with Crippen LogP contribution in [0.3, 0.4) is 0 Å². The summed E-state index contributed by atoms with van der Waals surface area (Å²) >= 11 is 4.22. The monoisotopic (exact) mass is 396 g/mol. The van der Waals surface area contributed by atoms with Crippen molar-refractivity contribution in [1.29, 1.82) is 0 Å². The lowest BCUT2D eigenvalue weighted by molar-refractivity contribution is 0.516. The first-order valence-electron chi connectivity index (χ1n) is 6.68. The van der Waals surface area contributed by atoms with Crippen LogP contribution in [0.1, 0.15) is 17.2 Å². The van der Waals surface area contributed by atoms with E-state index in [4.69, 9.17) is 5.73 Å². The molecule has 0 amide bonds. The zero-order valence-corrected chi connectivity index (χ0v) is 14.0. The van der Waals surface area contributed by atoms with Gasteiger partial charge in [-0.15, -0.1) is 11.8 Å². The summed E-state index contributed by atoms with van der Waals surface area (Å²) in [5.74, 6) is 0. The van der Waals surface area contributed by atoms with E-state index in [1.54, 1.807) is 0 Å². The molecule has 0 saturated heterocycles. The molecule has 2 aromatic carbocycles. The van der Waals surface area contributed by atoms with Gasteiger partial charge in [-0.2, -0.15) is 0 Å². The van der Waals surface area contributed by atoms with Gasteiger partial charge in [-0.05, 0) is 17.2 Å². The second-order valence-electron chi connectivity index (χ2n) is 4.91. The van der Waals surface area contributed by atoms with Crippen LogP contribution in [-0.4, -0.2) is 9.30 Å². The Morgan fingerprint density at radius 2 is 1.80 bits per heavy atom. The maximum absolute atomic E-state index is 6.16. The van der Waals surface area contributed by atoms with Crippen LogP contribution in [0.2, 0.25) is 0 Å². The fourth-order valence-corrected chi connectivity index (χ4v) is 4.68. The van der Waals surface area contributed by atoms with Crippen LogP contribution < -0.4 is 11.1 Å². The number of hydrogen-bond donors (Lipinski definition) is 2. The van der Waals surface area contributed by atoms with Crippen molar-refractivity contribution in [2.24, 2.45) is 5.73 Å². The fraction of sp³-hybridized carbons (Fsp3) is 0.250. The molecule has 0 aliphatic carbocycles. The number of benzene rings is 2. The van der Waals surface area contributed by atoms with Crippen molar-refractivity contribution in [3.8, 4) is 0 Å². The SMILES string of the molecule is NC(I)C1Sc2ccccc2C1NCc1ccccc1. The number of halogens is 1. The van der Waals surface area contributed by atoms with Gasteiger partial charge in [-0.25, -0.2) is 0 Å². The van der Waals surface area contributed by atoms with Crippen molar-refractivity contribution in [3.63, 3.8) is 0 Å². The van der Waals surface area contributed by atoms with Crippen molar-refractivity contribution in [2.45, 2.75) is 26.8 Å². The van der Waals surface area contributed by atoms with Crippen LogP contribution in [0.15, 0.2) is 59.5 Å². The minimum Gasteiger partial charge on any atom is -0.319 e. The predicted molar refractivity (Wildman–Crippen MR) is 94.1 cm³/mol. The molecule has 3 unspecified atom stereocenters. The largest absolute Gasteiger partial charge is 0.319 e. The first-order valence-corrected chi connectivity index (χ1v) is 8.81. The Balaban J connectivity index is 1.78. The highest BCUT2D eigenvalue weighted by Crippen LogP contribution is 2.46. The third kappa shape index (κ3) is 3.03. The lowest BCUT2D eigenvalue weighted by atomic mass is 10.0. The minimum absolute atomic E-state index is 0.137. The number of thioether (sulfide) groups is 1. The lowest BCUT2D eigenvalue weighted by Crippen LogP contribution is -2.36. The summed E-state index contributed by atoms with van der Waals surface area (Å²) in [6.07, 6.45) is 0. The Bertz CT molecular complexity index is 574. The highest BCUT2D eigenvalue weighted by Gasteiger charge is 2.35. The first kappa shape index (κ1) is 14.4. The summed E-state index contributed by atoms with van der Waals surface area (Å²) < 4.78 is 0.137. The van der Waals surface area contributed by atoms with E-state index in [1.165, 1.54) is 16.0 Å². The molecule has 1 aliphatic rings. The highest BCUT2D eigenvalue weighted by molar-refractivity contribution is 14.1. The number of nitrogens with two attached hydrogens (primary N) is 1. The quantitative estimate of drug-likeness (QED) is 0.470. The minimum atomic E-state index is 0.137. The first-order chi connectivity index (χ1) is 9.75. The van der Waals surface area contributed by atoms with Gasteiger partial charge in [0.15, 0.2) is 0 Å².